The Hall–Kier alpha value is -3.80. The van der Waals surface area contributed by atoms with Crippen LogP contribution in [0.5, 0.6) is 0 Å². The quantitative estimate of drug-likeness (QED) is 0.573. The molecule has 3 aromatic heterocycles. The number of Topliss-reactive ketones (excluding diaryl/α,β-unsaturated/α-hetero) is 1. The molecule has 9 heteroatoms. The highest BCUT2D eigenvalue weighted by molar-refractivity contribution is 5.80. The van der Waals surface area contributed by atoms with Gasteiger partial charge in [-0.1, -0.05) is 0 Å². The number of fused-ring (bicyclic) bond motifs is 2. The van der Waals surface area contributed by atoms with Crippen molar-refractivity contribution in [2.75, 3.05) is 0 Å². The van der Waals surface area contributed by atoms with Gasteiger partial charge in [0.25, 0.3) is 0 Å². The highest BCUT2D eigenvalue weighted by Gasteiger charge is 2.25. The van der Waals surface area contributed by atoms with Crippen LogP contribution in [0.4, 0.5) is 0 Å². The lowest BCUT2D eigenvalue weighted by molar-refractivity contribution is -0.121. The third-order valence-corrected chi connectivity index (χ3v) is 5.16. The largest absolute Gasteiger partial charge is 0.327 e. The van der Waals surface area contributed by atoms with Gasteiger partial charge in [0.2, 0.25) is 5.95 Å². The normalized spacial score (nSPS) is 17.2. The van der Waals surface area contributed by atoms with Gasteiger partial charge in [0.05, 0.1) is 28.9 Å². The molecule has 1 N–H and O–H groups in total. The van der Waals surface area contributed by atoms with E-state index in [0.717, 1.165) is 12.8 Å². The molecule has 4 aromatic rings. The maximum absolute atomic E-state index is 12.5. The number of nitrogens with one attached hydrogen (secondary N) is 1. The summed E-state index contributed by atoms with van der Waals surface area (Å²) in [5, 5.41) is 9.16. The first-order valence-electron chi connectivity index (χ1n) is 9.00. The van der Waals surface area contributed by atoms with E-state index >= 15 is 0 Å². The van der Waals surface area contributed by atoms with Crippen molar-refractivity contribution in [1.29, 1.82) is 5.26 Å². The minimum atomic E-state index is -0.289. The molecule has 1 fully saturated rings. The highest BCUT2D eigenvalue weighted by Crippen LogP contribution is 2.27. The van der Waals surface area contributed by atoms with Gasteiger partial charge in [-0.05, 0) is 31.0 Å². The van der Waals surface area contributed by atoms with Crippen molar-refractivity contribution in [1.82, 2.24) is 29.1 Å². The number of nitrogens with zero attached hydrogens (tertiary/aromatic N) is 6. The van der Waals surface area contributed by atoms with Gasteiger partial charge in [-0.3, -0.25) is 13.9 Å². The topological polar surface area (TPSA) is 122 Å². The average Bonchev–Trinajstić information content (AvgIpc) is 3.26. The van der Waals surface area contributed by atoms with Gasteiger partial charge in [0.15, 0.2) is 5.65 Å². The van der Waals surface area contributed by atoms with Gasteiger partial charge in [0.1, 0.15) is 17.6 Å². The number of hydrogen-bond donors (Lipinski definition) is 1. The molecule has 1 saturated carbocycles. The first-order valence-corrected chi connectivity index (χ1v) is 9.00. The SMILES string of the molecule is N#Cc1ccc2ncn(-c3ncc4[nH]c(=O)n(C5CCCC(=O)C5)c4n3)c2c1. The Bertz CT molecular complexity index is 1340. The fraction of sp³-hybridized carbons (Fsp3) is 0.263. The van der Waals surface area contributed by atoms with E-state index in [0.29, 0.717) is 46.6 Å². The van der Waals surface area contributed by atoms with E-state index in [9.17, 15) is 9.59 Å². The molecular weight excluding hydrogens is 358 g/mol. The second-order valence-corrected chi connectivity index (χ2v) is 6.93. The van der Waals surface area contributed by atoms with Gasteiger partial charge in [0, 0.05) is 18.9 Å². The molecule has 138 valence electrons. The van der Waals surface area contributed by atoms with Gasteiger partial charge < -0.3 is 4.98 Å². The fourth-order valence-electron chi connectivity index (χ4n) is 3.82. The van der Waals surface area contributed by atoms with E-state index in [1.54, 1.807) is 39.9 Å². The van der Waals surface area contributed by atoms with Crippen molar-refractivity contribution in [3.8, 4) is 12.0 Å². The van der Waals surface area contributed by atoms with Crippen molar-refractivity contribution in [3.05, 3.63) is 46.8 Å². The number of imidazole rings is 2. The van der Waals surface area contributed by atoms with Crippen molar-refractivity contribution < 1.29 is 4.79 Å². The van der Waals surface area contributed by atoms with Crippen LogP contribution in [0.25, 0.3) is 28.1 Å². The molecule has 0 bridgehead atoms. The van der Waals surface area contributed by atoms with Crippen molar-refractivity contribution >= 4 is 28.0 Å². The summed E-state index contributed by atoms with van der Waals surface area (Å²) < 4.78 is 3.25. The molecule has 0 spiro atoms. The fourth-order valence-corrected chi connectivity index (χ4v) is 3.82. The number of aromatic nitrogens is 6. The summed E-state index contributed by atoms with van der Waals surface area (Å²) in [6, 6.07) is 7.10. The number of rotatable bonds is 2. The maximum atomic E-state index is 12.5. The Morgan fingerprint density at radius 1 is 1.25 bits per heavy atom. The first kappa shape index (κ1) is 16.4. The second kappa shape index (κ2) is 6.13. The zero-order valence-electron chi connectivity index (χ0n) is 14.8. The Morgan fingerprint density at radius 2 is 2.14 bits per heavy atom. The molecule has 0 radical (unpaired) electrons. The standard InChI is InChI=1S/C19H15N7O2/c20-8-11-4-5-14-16(6-11)25(10-22-14)18-21-9-15-17(24-18)26(19(28)23-15)12-2-1-3-13(27)7-12/h4-6,9-10,12H,1-3,7H2,(H,23,28). The number of carbonyl (C=O) groups excluding carboxylic acids is 1. The Morgan fingerprint density at radius 3 is 2.96 bits per heavy atom. The van der Waals surface area contributed by atoms with Crippen LogP contribution in [0.15, 0.2) is 35.5 Å². The summed E-state index contributed by atoms with van der Waals surface area (Å²) in [6.07, 6.45) is 5.58. The molecule has 28 heavy (non-hydrogen) atoms. The highest BCUT2D eigenvalue weighted by atomic mass is 16.1. The van der Waals surface area contributed by atoms with Crippen molar-refractivity contribution in [3.63, 3.8) is 0 Å². The molecule has 1 aliphatic carbocycles. The lowest BCUT2D eigenvalue weighted by Crippen LogP contribution is -2.27. The number of benzene rings is 1. The zero-order chi connectivity index (χ0) is 19.3. The minimum Gasteiger partial charge on any atom is -0.303 e. The van der Waals surface area contributed by atoms with Crippen LogP contribution in [0.2, 0.25) is 0 Å². The predicted octanol–water partition coefficient (Wildman–Crippen LogP) is 2.01. The summed E-state index contributed by atoms with van der Waals surface area (Å²) in [6.45, 7) is 0. The molecule has 1 atom stereocenters. The van der Waals surface area contributed by atoms with Gasteiger partial charge >= 0.3 is 5.69 Å². The molecule has 0 amide bonds. The van der Waals surface area contributed by atoms with E-state index in [2.05, 4.69) is 26.0 Å². The van der Waals surface area contributed by atoms with Crippen LogP contribution in [0.1, 0.15) is 37.3 Å². The summed E-state index contributed by atoms with van der Waals surface area (Å²) in [5.74, 6) is 0.511. The van der Waals surface area contributed by atoms with Crippen LogP contribution in [0, 0.1) is 11.3 Å². The molecule has 0 aliphatic heterocycles. The summed E-state index contributed by atoms with van der Waals surface area (Å²) >= 11 is 0. The Labute approximate surface area is 158 Å². The molecule has 9 nitrogen and oxygen atoms in total. The van der Waals surface area contributed by atoms with Crippen molar-refractivity contribution in [2.45, 2.75) is 31.7 Å². The van der Waals surface area contributed by atoms with E-state index in [1.807, 2.05) is 0 Å². The van der Waals surface area contributed by atoms with Crippen LogP contribution < -0.4 is 5.69 Å². The lowest BCUT2D eigenvalue weighted by atomic mass is 9.94. The number of aromatic amines is 1. The summed E-state index contributed by atoms with van der Waals surface area (Å²) in [5.41, 5.74) is 2.63. The van der Waals surface area contributed by atoms with Crippen LogP contribution in [0.3, 0.4) is 0 Å². The van der Waals surface area contributed by atoms with Gasteiger partial charge in [-0.2, -0.15) is 10.2 Å². The summed E-state index contributed by atoms with van der Waals surface area (Å²) in [4.78, 5) is 40.4. The monoisotopic (exact) mass is 373 g/mol. The van der Waals surface area contributed by atoms with E-state index in [4.69, 9.17) is 5.26 Å². The lowest BCUT2D eigenvalue weighted by Gasteiger charge is -2.21. The third kappa shape index (κ3) is 2.50. The molecule has 0 saturated heterocycles. The second-order valence-electron chi connectivity index (χ2n) is 6.93. The minimum absolute atomic E-state index is 0.163. The maximum Gasteiger partial charge on any atom is 0.327 e. The Kier molecular flexibility index (Phi) is 3.58. The molecule has 1 unspecified atom stereocenters. The van der Waals surface area contributed by atoms with E-state index in [-0.39, 0.29) is 17.5 Å². The van der Waals surface area contributed by atoms with Crippen molar-refractivity contribution in [2.24, 2.45) is 0 Å². The van der Waals surface area contributed by atoms with Crippen LogP contribution in [-0.4, -0.2) is 34.9 Å². The van der Waals surface area contributed by atoms with Crippen LogP contribution >= 0.6 is 0 Å². The first-order chi connectivity index (χ1) is 13.6. The molecular formula is C19H15N7O2. The third-order valence-electron chi connectivity index (χ3n) is 5.16. The Balaban J connectivity index is 1.68. The molecule has 1 aliphatic rings. The van der Waals surface area contributed by atoms with Gasteiger partial charge in [-0.15, -0.1) is 0 Å². The number of carbonyl (C=O) groups is 1. The zero-order valence-corrected chi connectivity index (χ0v) is 14.8. The predicted molar refractivity (Wildman–Crippen MR) is 100 cm³/mol. The number of ketones is 1. The number of nitriles is 1. The van der Waals surface area contributed by atoms with E-state index in [1.165, 1.54) is 0 Å². The molecule has 3 heterocycles. The summed E-state index contributed by atoms with van der Waals surface area (Å²) in [7, 11) is 0. The number of hydrogen-bond acceptors (Lipinski definition) is 6. The van der Waals surface area contributed by atoms with E-state index < -0.39 is 0 Å². The molecule has 5 rings (SSSR count). The van der Waals surface area contributed by atoms with Gasteiger partial charge in [-0.25, -0.2) is 14.8 Å². The van der Waals surface area contributed by atoms with Crippen LogP contribution in [-0.2, 0) is 4.79 Å². The number of H-pyrrole nitrogens is 1. The molecule has 1 aromatic carbocycles. The average molecular weight is 373 g/mol. The smallest absolute Gasteiger partial charge is 0.303 e.